The quantitative estimate of drug-likeness (QED) is 0.800. The van der Waals surface area contributed by atoms with E-state index in [0.29, 0.717) is 5.57 Å². The lowest BCUT2D eigenvalue weighted by atomic mass is 9.89. The first-order chi connectivity index (χ1) is 7.22. The summed E-state index contributed by atoms with van der Waals surface area (Å²) >= 11 is 0. The van der Waals surface area contributed by atoms with Crippen molar-refractivity contribution in [1.29, 1.82) is 0 Å². The molecule has 0 heterocycles. The highest BCUT2D eigenvalue weighted by Crippen LogP contribution is 2.27. The lowest BCUT2D eigenvalue weighted by Crippen LogP contribution is -2.07. The normalized spacial score (nSPS) is 14.3. The zero-order chi connectivity index (χ0) is 10.8. The summed E-state index contributed by atoms with van der Waals surface area (Å²) in [5.74, 6) is -0.816. The molecule has 0 unspecified atom stereocenters. The van der Waals surface area contributed by atoms with Gasteiger partial charge in [-0.2, -0.15) is 0 Å². The van der Waals surface area contributed by atoms with E-state index in [1.807, 2.05) is 12.1 Å². The van der Waals surface area contributed by atoms with E-state index < -0.39 is 5.97 Å². The molecule has 0 aromatic heterocycles. The molecule has 2 heteroatoms. The molecule has 0 spiro atoms. The standard InChI is InChI=1S/C13H14O2/c1-2-9-6-7-10-4-3-5-11(13(14)15)12(10)8-9/h5-8H,2-4H2,1H3,(H,14,15). The van der Waals surface area contributed by atoms with E-state index in [2.05, 4.69) is 19.1 Å². The maximum atomic E-state index is 11.0. The van der Waals surface area contributed by atoms with Crippen molar-refractivity contribution in [3.05, 3.63) is 41.0 Å². The van der Waals surface area contributed by atoms with Gasteiger partial charge in [-0.25, -0.2) is 4.79 Å². The number of aliphatic carboxylic acids is 1. The van der Waals surface area contributed by atoms with Gasteiger partial charge in [-0.05, 0) is 36.0 Å². The molecule has 2 nitrogen and oxygen atoms in total. The molecule has 78 valence electrons. The number of hydrogen-bond acceptors (Lipinski definition) is 1. The largest absolute Gasteiger partial charge is 0.478 e. The number of aryl methyl sites for hydroxylation is 2. The van der Waals surface area contributed by atoms with Crippen molar-refractivity contribution in [2.45, 2.75) is 26.2 Å². The highest BCUT2D eigenvalue weighted by Gasteiger charge is 2.17. The molecule has 1 aromatic carbocycles. The molecule has 0 fully saturated rings. The van der Waals surface area contributed by atoms with E-state index in [4.69, 9.17) is 5.11 Å². The summed E-state index contributed by atoms with van der Waals surface area (Å²) < 4.78 is 0. The Bertz CT molecular complexity index is 430. The Labute approximate surface area is 89.2 Å². The minimum absolute atomic E-state index is 0.464. The van der Waals surface area contributed by atoms with Gasteiger partial charge in [0.25, 0.3) is 0 Å². The summed E-state index contributed by atoms with van der Waals surface area (Å²) in [7, 11) is 0. The molecular formula is C13H14O2. The smallest absolute Gasteiger partial charge is 0.335 e. The molecule has 0 aliphatic heterocycles. The number of rotatable bonds is 2. The minimum atomic E-state index is -0.816. The Balaban J connectivity index is 2.52. The molecular weight excluding hydrogens is 188 g/mol. The van der Waals surface area contributed by atoms with Crippen LogP contribution in [0.4, 0.5) is 0 Å². The molecule has 1 N–H and O–H groups in total. The first-order valence-electron chi connectivity index (χ1n) is 5.28. The molecule has 0 saturated heterocycles. The second kappa shape index (κ2) is 3.89. The third-order valence-corrected chi connectivity index (χ3v) is 2.87. The highest BCUT2D eigenvalue weighted by molar-refractivity contribution is 6.16. The highest BCUT2D eigenvalue weighted by atomic mass is 16.4. The number of carboxylic acids is 1. The van der Waals surface area contributed by atoms with Crippen LogP contribution in [0.2, 0.25) is 0 Å². The second-order valence-corrected chi connectivity index (χ2v) is 3.81. The maximum Gasteiger partial charge on any atom is 0.335 e. The average molecular weight is 202 g/mol. The van der Waals surface area contributed by atoms with E-state index in [-0.39, 0.29) is 0 Å². The van der Waals surface area contributed by atoms with Crippen molar-refractivity contribution in [3.8, 4) is 0 Å². The van der Waals surface area contributed by atoms with E-state index in [9.17, 15) is 4.79 Å². The molecule has 0 amide bonds. The van der Waals surface area contributed by atoms with Gasteiger partial charge in [0.1, 0.15) is 0 Å². The zero-order valence-electron chi connectivity index (χ0n) is 8.79. The van der Waals surface area contributed by atoms with E-state index >= 15 is 0 Å². The van der Waals surface area contributed by atoms with Gasteiger partial charge in [-0.1, -0.05) is 31.2 Å². The number of fused-ring (bicyclic) bond motifs is 1. The Morgan fingerprint density at radius 1 is 1.47 bits per heavy atom. The number of carboxylic acid groups (broad SMARTS) is 1. The molecule has 0 atom stereocenters. The van der Waals surface area contributed by atoms with Crippen molar-refractivity contribution in [1.82, 2.24) is 0 Å². The van der Waals surface area contributed by atoms with Crippen molar-refractivity contribution in [2.75, 3.05) is 0 Å². The Kier molecular flexibility index (Phi) is 2.58. The van der Waals surface area contributed by atoms with Crippen LogP contribution in [0.1, 0.15) is 30.0 Å². The van der Waals surface area contributed by atoms with Crippen molar-refractivity contribution in [3.63, 3.8) is 0 Å². The van der Waals surface area contributed by atoms with Crippen LogP contribution in [-0.4, -0.2) is 11.1 Å². The molecule has 15 heavy (non-hydrogen) atoms. The third kappa shape index (κ3) is 1.80. The first-order valence-corrected chi connectivity index (χ1v) is 5.28. The molecule has 0 saturated carbocycles. The topological polar surface area (TPSA) is 37.3 Å². The van der Waals surface area contributed by atoms with Crippen LogP contribution in [0.25, 0.3) is 5.57 Å². The third-order valence-electron chi connectivity index (χ3n) is 2.87. The fourth-order valence-corrected chi connectivity index (χ4v) is 2.00. The SMILES string of the molecule is CCc1ccc2c(c1)C(C(=O)O)=CCC2. The van der Waals surface area contributed by atoms with Crippen LogP contribution in [0.3, 0.4) is 0 Å². The molecule has 0 radical (unpaired) electrons. The fourth-order valence-electron chi connectivity index (χ4n) is 2.00. The van der Waals surface area contributed by atoms with Gasteiger partial charge in [-0.15, -0.1) is 0 Å². The fraction of sp³-hybridized carbons (Fsp3) is 0.308. The zero-order valence-corrected chi connectivity index (χ0v) is 8.79. The minimum Gasteiger partial charge on any atom is -0.478 e. The van der Waals surface area contributed by atoms with Crippen LogP contribution in [0.15, 0.2) is 24.3 Å². The summed E-state index contributed by atoms with van der Waals surface area (Å²) in [5, 5.41) is 9.08. The Morgan fingerprint density at radius 2 is 2.27 bits per heavy atom. The lowest BCUT2D eigenvalue weighted by Gasteiger charge is -2.15. The van der Waals surface area contributed by atoms with Crippen molar-refractivity contribution >= 4 is 11.5 Å². The molecule has 2 rings (SSSR count). The van der Waals surface area contributed by atoms with Crippen LogP contribution < -0.4 is 0 Å². The van der Waals surface area contributed by atoms with E-state index in [1.54, 1.807) is 0 Å². The van der Waals surface area contributed by atoms with Gasteiger partial charge in [0, 0.05) is 0 Å². The van der Waals surface area contributed by atoms with Crippen LogP contribution >= 0.6 is 0 Å². The van der Waals surface area contributed by atoms with E-state index in [1.165, 1.54) is 5.56 Å². The van der Waals surface area contributed by atoms with Gasteiger partial charge in [0.2, 0.25) is 0 Å². The van der Waals surface area contributed by atoms with Crippen LogP contribution in [-0.2, 0) is 17.6 Å². The van der Waals surface area contributed by atoms with Gasteiger partial charge >= 0.3 is 5.97 Å². The van der Waals surface area contributed by atoms with Crippen molar-refractivity contribution < 1.29 is 9.90 Å². The maximum absolute atomic E-state index is 11.0. The molecule has 1 aromatic rings. The second-order valence-electron chi connectivity index (χ2n) is 3.81. The molecule has 0 bridgehead atoms. The Hall–Kier alpha value is -1.57. The molecule has 1 aliphatic rings. The summed E-state index contributed by atoms with van der Waals surface area (Å²) in [6, 6.07) is 6.15. The summed E-state index contributed by atoms with van der Waals surface area (Å²) in [6.45, 7) is 2.08. The van der Waals surface area contributed by atoms with Gasteiger partial charge in [0.05, 0.1) is 5.57 Å². The van der Waals surface area contributed by atoms with Crippen LogP contribution in [0.5, 0.6) is 0 Å². The average Bonchev–Trinajstić information content (AvgIpc) is 2.27. The summed E-state index contributed by atoms with van der Waals surface area (Å²) in [6.07, 6.45) is 4.56. The van der Waals surface area contributed by atoms with Gasteiger partial charge in [0.15, 0.2) is 0 Å². The monoisotopic (exact) mass is 202 g/mol. The van der Waals surface area contributed by atoms with Crippen LogP contribution in [0, 0.1) is 0 Å². The number of allylic oxidation sites excluding steroid dienone is 1. The molecule has 1 aliphatic carbocycles. The number of benzene rings is 1. The van der Waals surface area contributed by atoms with Gasteiger partial charge < -0.3 is 5.11 Å². The predicted molar refractivity (Wildman–Crippen MR) is 59.8 cm³/mol. The lowest BCUT2D eigenvalue weighted by molar-refractivity contribution is -0.130. The van der Waals surface area contributed by atoms with Gasteiger partial charge in [-0.3, -0.25) is 0 Å². The van der Waals surface area contributed by atoms with E-state index in [0.717, 1.165) is 30.4 Å². The first kappa shape index (κ1) is 9.97. The summed E-state index contributed by atoms with van der Waals surface area (Å²) in [5.41, 5.74) is 3.73. The summed E-state index contributed by atoms with van der Waals surface area (Å²) in [4.78, 5) is 11.0. The Morgan fingerprint density at radius 3 is 2.93 bits per heavy atom. The number of hydrogen-bond donors (Lipinski definition) is 1. The van der Waals surface area contributed by atoms with Crippen molar-refractivity contribution in [2.24, 2.45) is 0 Å². The number of carbonyl (C=O) groups is 1. The predicted octanol–water partition coefficient (Wildman–Crippen LogP) is 2.66.